The summed E-state index contributed by atoms with van der Waals surface area (Å²) >= 11 is 0. The molecule has 0 spiro atoms. The SMILES string of the molecule is COc1cc([N+](=O)[O-])ccc1NC(=O)C1CC(=O)Nc2nc(Nc3ccc(C)cc3)[nH]c(=O)c21. The van der Waals surface area contributed by atoms with E-state index in [-0.39, 0.29) is 40.9 Å². The molecule has 0 aliphatic carbocycles. The monoisotopic (exact) mass is 464 g/mol. The third-order valence-electron chi connectivity index (χ3n) is 5.24. The van der Waals surface area contributed by atoms with E-state index in [9.17, 15) is 24.5 Å². The molecule has 1 aliphatic rings. The minimum atomic E-state index is -1.13. The highest BCUT2D eigenvalue weighted by molar-refractivity contribution is 6.05. The van der Waals surface area contributed by atoms with E-state index < -0.39 is 28.2 Å². The van der Waals surface area contributed by atoms with Crippen molar-refractivity contribution in [3.8, 4) is 5.75 Å². The number of rotatable bonds is 6. The molecule has 1 aliphatic heterocycles. The zero-order valence-electron chi connectivity index (χ0n) is 18.2. The Morgan fingerprint density at radius 2 is 1.94 bits per heavy atom. The van der Waals surface area contributed by atoms with Gasteiger partial charge in [-0.3, -0.25) is 29.5 Å². The largest absolute Gasteiger partial charge is 0.494 e. The van der Waals surface area contributed by atoms with Gasteiger partial charge in [-0.15, -0.1) is 0 Å². The molecule has 2 aromatic carbocycles. The van der Waals surface area contributed by atoms with Crippen LogP contribution in [0.4, 0.5) is 28.8 Å². The Labute approximate surface area is 192 Å². The van der Waals surface area contributed by atoms with Gasteiger partial charge in [0.1, 0.15) is 11.6 Å². The highest BCUT2D eigenvalue weighted by Crippen LogP contribution is 2.33. The molecule has 174 valence electrons. The van der Waals surface area contributed by atoms with Gasteiger partial charge in [-0.2, -0.15) is 4.98 Å². The lowest BCUT2D eigenvalue weighted by molar-refractivity contribution is -0.384. The van der Waals surface area contributed by atoms with Gasteiger partial charge in [0.2, 0.25) is 17.8 Å². The van der Waals surface area contributed by atoms with Crippen molar-refractivity contribution in [2.45, 2.75) is 19.3 Å². The number of aromatic amines is 1. The van der Waals surface area contributed by atoms with E-state index in [1.807, 2.05) is 19.1 Å². The van der Waals surface area contributed by atoms with Gasteiger partial charge in [0, 0.05) is 18.2 Å². The van der Waals surface area contributed by atoms with Crippen LogP contribution in [0.2, 0.25) is 0 Å². The van der Waals surface area contributed by atoms with Gasteiger partial charge in [0.05, 0.1) is 35.3 Å². The molecule has 0 bridgehead atoms. The summed E-state index contributed by atoms with van der Waals surface area (Å²) in [6.45, 7) is 1.94. The van der Waals surface area contributed by atoms with Crippen molar-refractivity contribution in [3.05, 3.63) is 74.1 Å². The zero-order valence-corrected chi connectivity index (χ0v) is 18.2. The smallest absolute Gasteiger partial charge is 0.273 e. The summed E-state index contributed by atoms with van der Waals surface area (Å²) in [5, 5.41) is 19.1. The number of fused-ring (bicyclic) bond motifs is 1. The van der Waals surface area contributed by atoms with E-state index in [1.54, 1.807) is 12.1 Å². The molecule has 2 amide bonds. The molecule has 2 heterocycles. The maximum absolute atomic E-state index is 13.0. The fraction of sp³-hybridized carbons (Fsp3) is 0.182. The summed E-state index contributed by atoms with van der Waals surface area (Å²) in [6, 6.07) is 11.1. The molecular weight excluding hydrogens is 444 g/mol. The summed E-state index contributed by atoms with van der Waals surface area (Å²) in [7, 11) is 1.30. The molecule has 34 heavy (non-hydrogen) atoms. The van der Waals surface area contributed by atoms with Gasteiger partial charge < -0.3 is 20.7 Å². The molecule has 12 nitrogen and oxygen atoms in total. The Hall–Kier alpha value is -4.74. The molecule has 1 aromatic heterocycles. The van der Waals surface area contributed by atoms with Crippen LogP contribution in [-0.4, -0.2) is 33.8 Å². The predicted molar refractivity (Wildman–Crippen MR) is 124 cm³/mol. The van der Waals surface area contributed by atoms with Crippen LogP contribution in [0.3, 0.4) is 0 Å². The Bertz CT molecular complexity index is 1350. The number of nitro groups is 1. The normalized spacial score (nSPS) is 14.5. The number of benzene rings is 2. The number of amides is 2. The zero-order chi connectivity index (χ0) is 24.4. The molecule has 1 atom stereocenters. The number of carbonyl (C=O) groups is 2. The number of non-ortho nitro benzene ring substituents is 1. The molecular formula is C22H20N6O6. The summed E-state index contributed by atoms with van der Waals surface area (Å²) in [6.07, 6.45) is -0.274. The van der Waals surface area contributed by atoms with E-state index in [0.717, 1.165) is 11.6 Å². The number of ether oxygens (including phenoxy) is 1. The fourth-order valence-electron chi connectivity index (χ4n) is 3.54. The van der Waals surface area contributed by atoms with Gasteiger partial charge >= 0.3 is 0 Å². The van der Waals surface area contributed by atoms with Gasteiger partial charge in [-0.1, -0.05) is 17.7 Å². The molecule has 1 unspecified atom stereocenters. The number of nitrogens with zero attached hydrogens (tertiary/aromatic N) is 2. The number of hydrogen-bond donors (Lipinski definition) is 4. The van der Waals surface area contributed by atoms with Crippen LogP contribution in [0.1, 0.15) is 23.5 Å². The molecule has 12 heteroatoms. The third-order valence-corrected chi connectivity index (χ3v) is 5.24. The number of nitro benzene ring substituents is 1. The quantitative estimate of drug-likeness (QED) is 0.319. The molecule has 4 N–H and O–H groups in total. The van der Waals surface area contributed by atoms with Crippen molar-refractivity contribution >= 4 is 40.6 Å². The predicted octanol–water partition coefficient (Wildman–Crippen LogP) is 2.80. The van der Waals surface area contributed by atoms with Gasteiger partial charge in [-0.25, -0.2) is 0 Å². The molecule has 0 radical (unpaired) electrons. The highest BCUT2D eigenvalue weighted by Gasteiger charge is 2.35. The Balaban J connectivity index is 1.63. The second-order valence-corrected chi connectivity index (χ2v) is 7.60. The van der Waals surface area contributed by atoms with E-state index in [0.29, 0.717) is 5.69 Å². The Morgan fingerprint density at radius 3 is 2.62 bits per heavy atom. The summed E-state index contributed by atoms with van der Waals surface area (Å²) in [5.74, 6) is -2.13. The minimum Gasteiger partial charge on any atom is -0.494 e. The van der Waals surface area contributed by atoms with Crippen molar-refractivity contribution in [3.63, 3.8) is 0 Å². The molecule has 4 rings (SSSR count). The molecule has 0 saturated carbocycles. The second-order valence-electron chi connectivity index (χ2n) is 7.60. The number of nitrogens with one attached hydrogen (secondary N) is 4. The highest BCUT2D eigenvalue weighted by atomic mass is 16.6. The van der Waals surface area contributed by atoms with Crippen LogP contribution in [0.15, 0.2) is 47.3 Å². The molecule has 0 fully saturated rings. The maximum atomic E-state index is 13.0. The van der Waals surface area contributed by atoms with Crippen LogP contribution in [0.5, 0.6) is 5.75 Å². The first-order valence-electron chi connectivity index (χ1n) is 10.2. The van der Waals surface area contributed by atoms with Crippen molar-refractivity contribution in [1.29, 1.82) is 0 Å². The van der Waals surface area contributed by atoms with Crippen molar-refractivity contribution in [1.82, 2.24) is 9.97 Å². The van der Waals surface area contributed by atoms with E-state index in [1.165, 1.54) is 19.2 Å². The topological polar surface area (TPSA) is 168 Å². The van der Waals surface area contributed by atoms with E-state index >= 15 is 0 Å². The number of H-pyrrole nitrogens is 1. The van der Waals surface area contributed by atoms with Crippen LogP contribution in [0, 0.1) is 17.0 Å². The average Bonchev–Trinajstić information content (AvgIpc) is 2.79. The van der Waals surface area contributed by atoms with Gasteiger partial charge in [-0.05, 0) is 25.1 Å². The maximum Gasteiger partial charge on any atom is 0.273 e. The fourth-order valence-corrected chi connectivity index (χ4v) is 3.54. The number of hydrogen-bond acceptors (Lipinski definition) is 8. The minimum absolute atomic E-state index is 0.00688. The lowest BCUT2D eigenvalue weighted by Crippen LogP contribution is -2.36. The summed E-state index contributed by atoms with van der Waals surface area (Å²) in [4.78, 5) is 55.5. The standard InChI is InChI=1S/C22H20N6O6/c1-11-3-5-12(6-4-11)23-22-26-19-18(21(31)27-22)14(10-17(29)25-19)20(30)24-15-8-7-13(28(32)33)9-16(15)34-2/h3-9,14H,10H2,1-2H3,(H,24,30)(H3,23,25,26,27,29,31). The van der Waals surface area contributed by atoms with Crippen LogP contribution in [-0.2, 0) is 9.59 Å². The van der Waals surface area contributed by atoms with Gasteiger partial charge in [0.25, 0.3) is 11.2 Å². The number of aromatic nitrogens is 2. The molecule has 0 saturated heterocycles. The van der Waals surface area contributed by atoms with Crippen LogP contribution < -0.4 is 26.2 Å². The number of aryl methyl sites for hydroxylation is 1. The number of methoxy groups -OCH3 is 1. The van der Waals surface area contributed by atoms with E-state index in [4.69, 9.17) is 4.74 Å². The van der Waals surface area contributed by atoms with Gasteiger partial charge in [0.15, 0.2) is 0 Å². The Morgan fingerprint density at radius 1 is 1.21 bits per heavy atom. The van der Waals surface area contributed by atoms with Crippen molar-refractivity contribution in [2.75, 3.05) is 23.1 Å². The number of anilines is 4. The molecule has 3 aromatic rings. The number of carbonyl (C=O) groups excluding carboxylic acids is 2. The second kappa shape index (κ2) is 9.02. The first-order chi connectivity index (χ1) is 16.2. The summed E-state index contributed by atoms with van der Waals surface area (Å²) in [5.41, 5.74) is 1.10. The van der Waals surface area contributed by atoms with E-state index in [2.05, 4.69) is 25.9 Å². The third kappa shape index (κ3) is 4.55. The van der Waals surface area contributed by atoms with Crippen LogP contribution >= 0.6 is 0 Å². The first-order valence-corrected chi connectivity index (χ1v) is 10.2. The Kier molecular flexibility index (Phi) is 5.95. The first kappa shape index (κ1) is 22.5. The lowest BCUT2D eigenvalue weighted by atomic mass is 9.92. The van der Waals surface area contributed by atoms with Crippen molar-refractivity contribution in [2.24, 2.45) is 0 Å². The van der Waals surface area contributed by atoms with Crippen molar-refractivity contribution < 1.29 is 19.2 Å². The average molecular weight is 464 g/mol. The summed E-state index contributed by atoms with van der Waals surface area (Å²) < 4.78 is 5.13. The van der Waals surface area contributed by atoms with Crippen LogP contribution in [0.25, 0.3) is 0 Å². The lowest BCUT2D eigenvalue weighted by Gasteiger charge is -2.24.